The fourth-order valence-electron chi connectivity index (χ4n) is 4.34. The molecule has 2 heterocycles. The third kappa shape index (κ3) is 4.64. The number of anilines is 1. The second-order valence-corrected chi connectivity index (χ2v) is 8.37. The maximum Gasteiger partial charge on any atom is 0.282 e. The fourth-order valence-corrected chi connectivity index (χ4v) is 4.34. The topological polar surface area (TPSA) is 156 Å². The number of nitrogens with two attached hydrogens (primary N) is 1. The lowest BCUT2D eigenvalue weighted by Gasteiger charge is -2.31. The highest BCUT2D eigenvalue weighted by atomic mass is 16.6. The highest BCUT2D eigenvalue weighted by Gasteiger charge is 2.41. The van der Waals surface area contributed by atoms with E-state index in [-0.39, 0.29) is 23.0 Å². The molecule has 0 aliphatic carbocycles. The number of primary amides is 1. The summed E-state index contributed by atoms with van der Waals surface area (Å²) < 4.78 is 0. The van der Waals surface area contributed by atoms with Crippen LogP contribution in [0.3, 0.4) is 0 Å². The molecule has 0 spiro atoms. The van der Waals surface area contributed by atoms with E-state index in [2.05, 4.69) is 10.2 Å². The van der Waals surface area contributed by atoms with E-state index in [4.69, 9.17) is 5.73 Å². The number of benzene rings is 2. The predicted octanol–water partition coefficient (Wildman–Crippen LogP) is 1.53. The molecule has 176 valence electrons. The van der Waals surface area contributed by atoms with Gasteiger partial charge in [0.2, 0.25) is 11.8 Å². The van der Waals surface area contributed by atoms with Crippen molar-refractivity contribution in [2.75, 3.05) is 25.0 Å². The van der Waals surface area contributed by atoms with Crippen molar-refractivity contribution in [2.24, 2.45) is 11.7 Å². The SMILES string of the molecule is NC(=O)C1CCCN(Cc2ccc(NC(=O)CN3C(=O)c4cccc([N+](=O)[O-])c4C3=O)cc2)C1. The van der Waals surface area contributed by atoms with E-state index in [0.717, 1.165) is 31.0 Å². The number of piperidine rings is 1. The van der Waals surface area contributed by atoms with E-state index >= 15 is 0 Å². The molecule has 2 aromatic rings. The third-order valence-corrected chi connectivity index (χ3v) is 6.03. The Kier molecular flexibility index (Phi) is 6.37. The highest BCUT2D eigenvalue weighted by Crippen LogP contribution is 2.30. The molecule has 1 unspecified atom stereocenters. The number of rotatable bonds is 7. The maximum absolute atomic E-state index is 12.6. The van der Waals surface area contributed by atoms with Gasteiger partial charge in [-0.1, -0.05) is 18.2 Å². The van der Waals surface area contributed by atoms with Crippen molar-refractivity contribution in [3.05, 3.63) is 69.3 Å². The van der Waals surface area contributed by atoms with Crippen molar-refractivity contribution < 1.29 is 24.1 Å². The van der Waals surface area contributed by atoms with Crippen LogP contribution in [0, 0.1) is 16.0 Å². The Balaban J connectivity index is 1.36. The zero-order valence-corrected chi connectivity index (χ0v) is 18.2. The van der Waals surface area contributed by atoms with Gasteiger partial charge in [0.25, 0.3) is 17.5 Å². The third-order valence-electron chi connectivity index (χ3n) is 6.03. The Hall–Kier alpha value is -4.12. The molecule has 4 rings (SSSR count). The molecule has 1 saturated heterocycles. The summed E-state index contributed by atoms with van der Waals surface area (Å²) in [6.45, 7) is 1.58. The van der Waals surface area contributed by atoms with Crippen LogP contribution in [0.2, 0.25) is 0 Å². The standard InChI is InChI=1S/C23H23N5O6/c24-21(30)15-3-2-10-26(12-15)11-14-6-8-16(9-7-14)25-19(29)13-27-22(31)17-4-1-5-18(28(33)34)20(17)23(27)32/h1,4-9,15H,2-3,10-13H2,(H2,24,30)(H,25,29). The average molecular weight is 465 g/mol. The number of hydrogen-bond acceptors (Lipinski definition) is 7. The lowest BCUT2D eigenvalue weighted by atomic mass is 9.97. The molecule has 2 aliphatic rings. The summed E-state index contributed by atoms with van der Waals surface area (Å²) in [7, 11) is 0. The van der Waals surface area contributed by atoms with E-state index in [1.165, 1.54) is 12.1 Å². The van der Waals surface area contributed by atoms with Crippen molar-refractivity contribution in [1.82, 2.24) is 9.80 Å². The van der Waals surface area contributed by atoms with Gasteiger partial charge in [0.15, 0.2) is 0 Å². The molecule has 3 N–H and O–H groups in total. The molecule has 2 aliphatic heterocycles. The lowest BCUT2D eigenvalue weighted by molar-refractivity contribution is -0.385. The minimum absolute atomic E-state index is 0.0901. The number of nitro groups is 1. The summed E-state index contributed by atoms with van der Waals surface area (Å²) in [4.78, 5) is 62.4. The van der Waals surface area contributed by atoms with Crippen LogP contribution in [0.4, 0.5) is 11.4 Å². The summed E-state index contributed by atoms with van der Waals surface area (Å²) in [5.41, 5.74) is 6.04. The number of nitrogens with zero attached hydrogens (tertiary/aromatic N) is 3. The van der Waals surface area contributed by atoms with Gasteiger partial charge in [0.05, 0.1) is 16.4 Å². The van der Waals surface area contributed by atoms with E-state index in [1.54, 1.807) is 12.1 Å². The number of hydrogen-bond donors (Lipinski definition) is 2. The fraction of sp³-hybridized carbons (Fsp3) is 0.304. The minimum Gasteiger partial charge on any atom is -0.369 e. The Bertz CT molecular complexity index is 1180. The van der Waals surface area contributed by atoms with Crippen molar-refractivity contribution in [1.29, 1.82) is 0 Å². The monoisotopic (exact) mass is 465 g/mol. The zero-order valence-electron chi connectivity index (χ0n) is 18.2. The van der Waals surface area contributed by atoms with Gasteiger partial charge in [-0.2, -0.15) is 0 Å². The van der Waals surface area contributed by atoms with Crippen LogP contribution < -0.4 is 11.1 Å². The number of carbonyl (C=O) groups excluding carboxylic acids is 4. The van der Waals surface area contributed by atoms with Crippen LogP contribution in [-0.4, -0.2) is 58.0 Å². The molecule has 0 saturated carbocycles. The molecule has 11 heteroatoms. The van der Waals surface area contributed by atoms with Gasteiger partial charge in [-0.05, 0) is 43.1 Å². The number of carbonyl (C=O) groups is 4. The largest absolute Gasteiger partial charge is 0.369 e. The second kappa shape index (κ2) is 9.40. The Labute approximate surface area is 194 Å². The van der Waals surface area contributed by atoms with E-state index in [1.807, 2.05) is 12.1 Å². The van der Waals surface area contributed by atoms with Crippen LogP contribution in [0.1, 0.15) is 39.1 Å². The smallest absolute Gasteiger partial charge is 0.282 e. The van der Waals surface area contributed by atoms with Crippen molar-refractivity contribution in [3.63, 3.8) is 0 Å². The second-order valence-electron chi connectivity index (χ2n) is 8.37. The average Bonchev–Trinajstić information content (AvgIpc) is 3.05. The van der Waals surface area contributed by atoms with Gasteiger partial charge in [-0.3, -0.25) is 39.1 Å². The van der Waals surface area contributed by atoms with Crippen molar-refractivity contribution in [2.45, 2.75) is 19.4 Å². The summed E-state index contributed by atoms with van der Waals surface area (Å²) in [6.07, 6.45) is 1.71. The molecule has 1 fully saturated rings. The van der Waals surface area contributed by atoms with Gasteiger partial charge in [0, 0.05) is 24.8 Å². The van der Waals surface area contributed by atoms with Crippen LogP contribution >= 0.6 is 0 Å². The van der Waals surface area contributed by atoms with Gasteiger partial charge in [0.1, 0.15) is 12.1 Å². The summed E-state index contributed by atoms with van der Waals surface area (Å²) in [5, 5.41) is 13.8. The van der Waals surface area contributed by atoms with Crippen LogP contribution in [-0.2, 0) is 16.1 Å². The first-order valence-corrected chi connectivity index (χ1v) is 10.8. The molecular formula is C23H23N5O6. The lowest BCUT2D eigenvalue weighted by Crippen LogP contribution is -2.40. The number of fused-ring (bicyclic) bond motifs is 1. The first-order valence-electron chi connectivity index (χ1n) is 10.8. The van der Waals surface area contributed by atoms with Crippen LogP contribution in [0.15, 0.2) is 42.5 Å². The molecule has 4 amide bonds. The molecular weight excluding hydrogens is 442 g/mol. The van der Waals surface area contributed by atoms with E-state index in [9.17, 15) is 29.3 Å². The number of nitrogens with one attached hydrogen (secondary N) is 1. The van der Waals surface area contributed by atoms with E-state index < -0.39 is 34.9 Å². The summed E-state index contributed by atoms with van der Waals surface area (Å²) >= 11 is 0. The number of likely N-dealkylation sites (tertiary alicyclic amines) is 1. The number of nitro benzene ring substituents is 1. The van der Waals surface area contributed by atoms with Crippen molar-refractivity contribution >= 4 is 35.0 Å². The molecule has 0 bridgehead atoms. The molecule has 34 heavy (non-hydrogen) atoms. The Morgan fingerprint density at radius 3 is 2.53 bits per heavy atom. The van der Waals surface area contributed by atoms with E-state index in [0.29, 0.717) is 23.7 Å². The Morgan fingerprint density at radius 1 is 1.12 bits per heavy atom. The molecule has 0 radical (unpaired) electrons. The van der Waals surface area contributed by atoms with Gasteiger partial charge < -0.3 is 11.1 Å². The number of imide groups is 1. The van der Waals surface area contributed by atoms with Gasteiger partial charge >= 0.3 is 0 Å². The van der Waals surface area contributed by atoms with Crippen LogP contribution in [0.5, 0.6) is 0 Å². The Morgan fingerprint density at radius 2 is 1.85 bits per heavy atom. The maximum atomic E-state index is 12.6. The minimum atomic E-state index is -0.867. The molecule has 2 aromatic carbocycles. The summed E-state index contributed by atoms with van der Waals surface area (Å²) in [6, 6.07) is 10.9. The van der Waals surface area contributed by atoms with Gasteiger partial charge in [-0.25, -0.2) is 0 Å². The first kappa shape index (κ1) is 23.1. The normalized spacial score (nSPS) is 18.0. The first-order chi connectivity index (χ1) is 16.2. The number of amides is 4. The van der Waals surface area contributed by atoms with Crippen LogP contribution in [0.25, 0.3) is 0 Å². The molecule has 11 nitrogen and oxygen atoms in total. The summed E-state index contributed by atoms with van der Waals surface area (Å²) in [5.74, 6) is -2.64. The zero-order chi connectivity index (χ0) is 24.4. The quantitative estimate of drug-likeness (QED) is 0.357. The molecule has 1 atom stereocenters. The predicted molar refractivity (Wildman–Crippen MR) is 121 cm³/mol. The molecule has 0 aromatic heterocycles. The highest BCUT2D eigenvalue weighted by molar-refractivity contribution is 6.24. The van der Waals surface area contributed by atoms with Gasteiger partial charge in [-0.15, -0.1) is 0 Å². The van der Waals surface area contributed by atoms with Crippen molar-refractivity contribution in [3.8, 4) is 0 Å².